The molecule has 0 atom stereocenters. The Morgan fingerprint density at radius 3 is 2.42 bits per heavy atom. The van der Waals surface area contributed by atoms with Crippen LogP contribution in [-0.4, -0.2) is 78.0 Å². The van der Waals surface area contributed by atoms with E-state index in [0.29, 0.717) is 42.7 Å². The van der Waals surface area contributed by atoms with Gasteiger partial charge in [0.25, 0.3) is 5.56 Å². The molecule has 3 aromatic rings. The van der Waals surface area contributed by atoms with Crippen molar-refractivity contribution in [2.75, 3.05) is 26.2 Å². The zero-order chi connectivity index (χ0) is 24.9. The molecule has 1 amide bonds. The first-order valence-corrected chi connectivity index (χ1v) is 12.8. The molecule has 3 aliphatic rings. The van der Waals surface area contributed by atoms with Gasteiger partial charge in [-0.2, -0.15) is 5.10 Å². The molecule has 1 saturated carbocycles. The van der Waals surface area contributed by atoms with E-state index in [1.54, 1.807) is 12.1 Å². The van der Waals surface area contributed by atoms with E-state index in [1.807, 2.05) is 4.90 Å². The van der Waals surface area contributed by atoms with Crippen molar-refractivity contribution in [3.8, 4) is 5.69 Å². The standard InChI is InChI=1S/C26H31FN6O3/c27-19-1-3-21(4-2-19)33-23-22(15-29-33)25(35)32(17-28-23)16-26(36)9-13-31(14-10-26)24(34)18-7-11-30(12-8-18)20-5-6-20/h1-4,15,17-18,20,36H,5-14,16H2. The molecule has 1 N–H and O–H groups in total. The molecule has 6 rings (SSSR count). The number of aromatic nitrogens is 4. The van der Waals surface area contributed by atoms with Crippen LogP contribution < -0.4 is 5.56 Å². The molecule has 2 saturated heterocycles. The van der Waals surface area contributed by atoms with Gasteiger partial charge in [0.1, 0.15) is 17.5 Å². The molecule has 0 spiro atoms. The van der Waals surface area contributed by atoms with Crippen LogP contribution in [0.3, 0.4) is 0 Å². The van der Waals surface area contributed by atoms with Gasteiger partial charge in [-0.3, -0.25) is 14.2 Å². The van der Waals surface area contributed by atoms with Crippen molar-refractivity contribution in [2.24, 2.45) is 5.92 Å². The molecule has 2 aromatic heterocycles. The zero-order valence-electron chi connectivity index (χ0n) is 20.2. The number of benzene rings is 1. The summed E-state index contributed by atoms with van der Waals surface area (Å²) in [7, 11) is 0. The number of carbonyl (C=O) groups excluding carboxylic acids is 1. The summed E-state index contributed by atoms with van der Waals surface area (Å²) in [5.41, 5.74) is -0.395. The summed E-state index contributed by atoms with van der Waals surface area (Å²) in [6, 6.07) is 6.55. The summed E-state index contributed by atoms with van der Waals surface area (Å²) >= 11 is 0. The van der Waals surface area contributed by atoms with Gasteiger partial charge in [0.05, 0.1) is 24.0 Å². The van der Waals surface area contributed by atoms with Crippen LogP contribution in [0.15, 0.2) is 41.6 Å². The fraction of sp³-hybridized carbons (Fsp3) is 0.538. The fourth-order valence-corrected chi connectivity index (χ4v) is 5.66. The lowest BCUT2D eigenvalue weighted by Gasteiger charge is -2.40. The van der Waals surface area contributed by atoms with Gasteiger partial charge in [0.15, 0.2) is 5.65 Å². The number of carbonyl (C=O) groups is 1. The lowest BCUT2D eigenvalue weighted by Crippen LogP contribution is -2.52. The van der Waals surface area contributed by atoms with Crippen molar-refractivity contribution >= 4 is 16.9 Å². The molecule has 2 aliphatic heterocycles. The lowest BCUT2D eigenvalue weighted by atomic mass is 9.89. The Balaban J connectivity index is 1.10. The molecule has 1 aromatic carbocycles. The molecular formula is C26H31FN6O3. The van der Waals surface area contributed by atoms with Gasteiger partial charge in [-0.1, -0.05) is 0 Å². The highest BCUT2D eigenvalue weighted by molar-refractivity contribution is 5.79. The van der Waals surface area contributed by atoms with Gasteiger partial charge >= 0.3 is 0 Å². The maximum atomic E-state index is 13.3. The van der Waals surface area contributed by atoms with E-state index >= 15 is 0 Å². The third-order valence-electron chi connectivity index (χ3n) is 8.04. The van der Waals surface area contributed by atoms with Crippen LogP contribution in [-0.2, 0) is 11.3 Å². The summed E-state index contributed by atoms with van der Waals surface area (Å²) in [6.07, 6.45) is 8.14. The van der Waals surface area contributed by atoms with Crippen molar-refractivity contribution in [2.45, 2.75) is 56.7 Å². The van der Waals surface area contributed by atoms with Crippen LogP contribution in [0.2, 0.25) is 0 Å². The molecule has 10 heteroatoms. The number of nitrogens with zero attached hydrogens (tertiary/aromatic N) is 6. The van der Waals surface area contributed by atoms with Crippen molar-refractivity contribution in [1.29, 1.82) is 0 Å². The van der Waals surface area contributed by atoms with Gasteiger partial charge in [-0.05, 0) is 75.9 Å². The summed E-state index contributed by atoms with van der Waals surface area (Å²) in [5.74, 6) is -0.0653. The van der Waals surface area contributed by atoms with Crippen LogP contribution in [0.25, 0.3) is 16.7 Å². The Morgan fingerprint density at radius 1 is 1.06 bits per heavy atom. The maximum absolute atomic E-state index is 13.3. The highest BCUT2D eigenvalue weighted by Gasteiger charge is 2.38. The van der Waals surface area contributed by atoms with E-state index in [1.165, 1.54) is 46.7 Å². The number of likely N-dealkylation sites (tertiary alicyclic amines) is 2. The number of halogens is 1. The molecule has 9 nitrogen and oxygen atoms in total. The first-order valence-electron chi connectivity index (χ1n) is 12.8. The topological polar surface area (TPSA) is 96.5 Å². The molecule has 3 fully saturated rings. The lowest BCUT2D eigenvalue weighted by molar-refractivity contribution is -0.141. The third-order valence-corrected chi connectivity index (χ3v) is 8.04. The molecule has 1 aliphatic carbocycles. The molecule has 4 heterocycles. The second-order valence-corrected chi connectivity index (χ2v) is 10.5. The Bertz CT molecular complexity index is 1320. The summed E-state index contributed by atoms with van der Waals surface area (Å²) < 4.78 is 16.2. The minimum absolute atomic E-state index is 0.0815. The molecule has 0 unspecified atom stereocenters. The minimum Gasteiger partial charge on any atom is -0.388 e. The smallest absolute Gasteiger partial charge is 0.264 e. The van der Waals surface area contributed by atoms with E-state index in [0.717, 1.165) is 32.0 Å². The Labute approximate surface area is 208 Å². The predicted octanol–water partition coefficient (Wildman–Crippen LogP) is 1.95. The van der Waals surface area contributed by atoms with Gasteiger partial charge in [0.2, 0.25) is 5.91 Å². The van der Waals surface area contributed by atoms with E-state index < -0.39 is 5.60 Å². The SMILES string of the molecule is O=C(C1CCN(C2CC2)CC1)N1CCC(O)(Cn2cnc3c(cnn3-c3ccc(F)cc3)c2=O)CC1. The number of fused-ring (bicyclic) bond motifs is 1. The Hall–Kier alpha value is -3.11. The number of piperidine rings is 2. The third kappa shape index (κ3) is 4.43. The van der Waals surface area contributed by atoms with E-state index in [4.69, 9.17) is 0 Å². The highest BCUT2D eigenvalue weighted by atomic mass is 19.1. The van der Waals surface area contributed by atoms with Crippen LogP contribution in [0.5, 0.6) is 0 Å². The predicted molar refractivity (Wildman–Crippen MR) is 131 cm³/mol. The van der Waals surface area contributed by atoms with Gasteiger partial charge < -0.3 is 14.9 Å². The quantitative estimate of drug-likeness (QED) is 0.583. The van der Waals surface area contributed by atoms with E-state index in [2.05, 4.69) is 15.0 Å². The normalized spacial score (nSPS) is 21.2. The molecule has 0 radical (unpaired) electrons. The molecule has 190 valence electrons. The van der Waals surface area contributed by atoms with Crippen LogP contribution in [0.4, 0.5) is 4.39 Å². The van der Waals surface area contributed by atoms with Crippen LogP contribution in [0, 0.1) is 11.7 Å². The summed E-state index contributed by atoms with van der Waals surface area (Å²) in [6.45, 7) is 3.11. The average molecular weight is 495 g/mol. The largest absolute Gasteiger partial charge is 0.388 e. The first kappa shape index (κ1) is 23.3. The van der Waals surface area contributed by atoms with Gasteiger partial charge in [-0.25, -0.2) is 14.1 Å². The van der Waals surface area contributed by atoms with E-state index in [-0.39, 0.29) is 29.7 Å². The van der Waals surface area contributed by atoms with Crippen LogP contribution in [0.1, 0.15) is 38.5 Å². The van der Waals surface area contributed by atoms with Crippen molar-refractivity contribution in [1.82, 2.24) is 29.1 Å². The number of amides is 1. The van der Waals surface area contributed by atoms with Crippen molar-refractivity contribution in [3.63, 3.8) is 0 Å². The zero-order valence-corrected chi connectivity index (χ0v) is 20.2. The monoisotopic (exact) mass is 494 g/mol. The number of aliphatic hydroxyl groups is 1. The maximum Gasteiger partial charge on any atom is 0.264 e. The first-order chi connectivity index (χ1) is 17.4. The van der Waals surface area contributed by atoms with Gasteiger partial charge in [-0.15, -0.1) is 0 Å². The highest BCUT2D eigenvalue weighted by Crippen LogP contribution is 2.32. The second-order valence-electron chi connectivity index (χ2n) is 10.5. The Kier molecular flexibility index (Phi) is 5.88. The minimum atomic E-state index is -1.09. The molecular weight excluding hydrogens is 463 g/mol. The summed E-state index contributed by atoms with van der Waals surface area (Å²) in [4.78, 5) is 35.0. The number of rotatable bonds is 5. The summed E-state index contributed by atoms with van der Waals surface area (Å²) in [5, 5.41) is 15.8. The average Bonchev–Trinajstić information content (AvgIpc) is 3.65. The number of hydrogen-bond acceptors (Lipinski definition) is 6. The van der Waals surface area contributed by atoms with Crippen molar-refractivity contribution in [3.05, 3.63) is 53.0 Å². The van der Waals surface area contributed by atoms with E-state index in [9.17, 15) is 19.1 Å². The molecule has 36 heavy (non-hydrogen) atoms. The molecule has 0 bridgehead atoms. The number of hydrogen-bond donors (Lipinski definition) is 1. The van der Waals surface area contributed by atoms with Crippen LogP contribution >= 0.6 is 0 Å². The van der Waals surface area contributed by atoms with Crippen molar-refractivity contribution < 1.29 is 14.3 Å². The van der Waals surface area contributed by atoms with Gasteiger partial charge in [0, 0.05) is 25.0 Å². The fourth-order valence-electron chi connectivity index (χ4n) is 5.66. The second kappa shape index (κ2) is 9.08. The Morgan fingerprint density at radius 2 is 1.75 bits per heavy atom.